The summed E-state index contributed by atoms with van der Waals surface area (Å²) in [5, 5.41) is 0. The summed E-state index contributed by atoms with van der Waals surface area (Å²) in [7, 11) is 1.83. The lowest BCUT2D eigenvalue weighted by molar-refractivity contribution is -0.132. The van der Waals surface area contributed by atoms with E-state index in [4.69, 9.17) is 4.42 Å². The van der Waals surface area contributed by atoms with Gasteiger partial charge in [0.05, 0.1) is 19.4 Å². The summed E-state index contributed by atoms with van der Waals surface area (Å²) in [5.41, 5.74) is 0. The lowest BCUT2D eigenvalue weighted by atomic mass is 10.2. The van der Waals surface area contributed by atoms with Gasteiger partial charge in [-0.25, -0.2) is 0 Å². The normalized spacial score (nSPS) is 17.3. The summed E-state index contributed by atoms with van der Waals surface area (Å²) in [6, 6.07) is 3.75. The maximum Gasteiger partial charge on any atom is 0.236 e. The highest BCUT2D eigenvalue weighted by molar-refractivity contribution is 5.77. The minimum Gasteiger partial charge on any atom is -0.467 e. The minimum absolute atomic E-state index is 0.156. The third-order valence-corrected chi connectivity index (χ3v) is 3.85. The van der Waals surface area contributed by atoms with E-state index in [0.717, 1.165) is 38.5 Å². The predicted octanol–water partition coefficient (Wildman–Crippen LogP) is 1.51. The van der Waals surface area contributed by atoms with Crippen molar-refractivity contribution in [3.63, 3.8) is 0 Å². The number of furan rings is 1. The Balaban J connectivity index is 1.71. The minimum atomic E-state index is 0.156. The largest absolute Gasteiger partial charge is 0.467 e. The van der Waals surface area contributed by atoms with Crippen molar-refractivity contribution in [1.29, 1.82) is 0 Å². The topological polar surface area (TPSA) is 39.9 Å². The first-order chi connectivity index (χ1) is 10.0. The standard InChI is InChI=1S/C16H27N3O2/c1-14(2)11-18-6-8-19(9-7-18)13-16(20)17(3)12-15-5-4-10-21-15/h4-5,10,14H,6-9,11-13H2,1-3H3. The van der Waals surface area contributed by atoms with E-state index in [9.17, 15) is 4.79 Å². The molecule has 0 radical (unpaired) electrons. The van der Waals surface area contributed by atoms with Gasteiger partial charge in [-0.05, 0) is 18.1 Å². The van der Waals surface area contributed by atoms with Crippen LogP contribution in [0.25, 0.3) is 0 Å². The zero-order valence-corrected chi connectivity index (χ0v) is 13.4. The van der Waals surface area contributed by atoms with Gasteiger partial charge >= 0.3 is 0 Å². The van der Waals surface area contributed by atoms with Gasteiger partial charge in [0.15, 0.2) is 0 Å². The van der Waals surface area contributed by atoms with E-state index < -0.39 is 0 Å². The van der Waals surface area contributed by atoms with Gasteiger partial charge in [0.25, 0.3) is 0 Å². The maximum atomic E-state index is 12.2. The molecule has 1 aromatic heterocycles. The van der Waals surface area contributed by atoms with Crippen molar-refractivity contribution in [3.8, 4) is 0 Å². The molecule has 118 valence electrons. The fourth-order valence-corrected chi connectivity index (χ4v) is 2.68. The molecule has 0 saturated carbocycles. The number of carbonyl (C=O) groups is 1. The molecule has 0 unspecified atom stereocenters. The summed E-state index contributed by atoms with van der Waals surface area (Å²) < 4.78 is 5.28. The summed E-state index contributed by atoms with van der Waals surface area (Å²) in [6.45, 7) is 10.8. The van der Waals surface area contributed by atoms with Crippen LogP contribution in [0.5, 0.6) is 0 Å². The molecule has 0 atom stereocenters. The van der Waals surface area contributed by atoms with Crippen LogP contribution in [-0.2, 0) is 11.3 Å². The molecular formula is C16H27N3O2. The molecule has 2 rings (SSSR count). The van der Waals surface area contributed by atoms with Crippen LogP contribution in [0.1, 0.15) is 19.6 Å². The molecule has 1 saturated heterocycles. The van der Waals surface area contributed by atoms with Crippen molar-refractivity contribution in [2.75, 3.05) is 46.3 Å². The quantitative estimate of drug-likeness (QED) is 0.797. The molecule has 5 heteroatoms. The number of carbonyl (C=O) groups excluding carboxylic acids is 1. The zero-order valence-electron chi connectivity index (χ0n) is 13.4. The Morgan fingerprint density at radius 1 is 1.29 bits per heavy atom. The van der Waals surface area contributed by atoms with Crippen LogP contribution in [0.4, 0.5) is 0 Å². The molecule has 21 heavy (non-hydrogen) atoms. The van der Waals surface area contributed by atoms with Crippen molar-refractivity contribution in [2.24, 2.45) is 5.92 Å². The van der Waals surface area contributed by atoms with Crippen molar-refractivity contribution < 1.29 is 9.21 Å². The average molecular weight is 293 g/mol. The Morgan fingerprint density at radius 2 is 1.95 bits per heavy atom. The maximum absolute atomic E-state index is 12.2. The number of nitrogens with zero attached hydrogens (tertiary/aromatic N) is 3. The van der Waals surface area contributed by atoms with Crippen molar-refractivity contribution >= 4 is 5.91 Å². The second kappa shape index (κ2) is 7.61. The molecule has 0 bridgehead atoms. The fourth-order valence-electron chi connectivity index (χ4n) is 2.68. The SMILES string of the molecule is CC(C)CN1CCN(CC(=O)N(C)Cc2ccco2)CC1. The number of piperazine rings is 1. The van der Waals surface area contributed by atoms with E-state index >= 15 is 0 Å². The van der Waals surface area contributed by atoms with E-state index in [1.165, 1.54) is 0 Å². The molecule has 1 aromatic rings. The van der Waals surface area contributed by atoms with E-state index in [-0.39, 0.29) is 5.91 Å². The van der Waals surface area contributed by atoms with Crippen LogP contribution in [0.2, 0.25) is 0 Å². The molecular weight excluding hydrogens is 266 g/mol. The van der Waals surface area contributed by atoms with Crippen molar-refractivity contribution in [1.82, 2.24) is 14.7 Å². The third-order valence-electron chi connectivity index (χ3n) is 3.85. The molecule has 0 N–H and O–H groups in total. The molecule has 0 aromatic carbocycles. The number of likely N-dealkylation sites (N-methyl/N-ethyl adjacent to an activating group) is 1. The second-order valence-electron chi connectivity index (χ2n) is 6.30. The Morgan fingerprint density at radius 3 is 2.52 bits per heavy atom. The van der Waals surface area contributed by atoms with Crippen LogP contribution < -0.4 is 0 Å². The van der Waals surface area contributed by atoms with Gasteiger partial charge in [-0.15, -0.1) is 0 Å². The van der Waals surface area contributed by atoms with Gasteiger partial charge in [-0.3, -0.25) is 9.69 Å². The molecule has 1 aliphatic heterocycles. The monoisotopic (exact) mass is 293 g/mol. The first kappa shape index (κ1) is 16.0. The highest BCUT2D eigenvalue weighted by atomic mass is 16.3. The van der Waals surface area contributed by atoms with Crippen molar-refractivity contribution in [3.05, 3.63) is 24.2 Å². The zero-order chi connectivity index (χ0) is 15.2. The Bertz CT molecular complexity index is 423. The number of hydrogen-bond donors (Lipinski definition) is 0. The summed E-state index contributed by atoms with van der Waals surface area (Å²) in [6.07, 6.45) is 1.64. The van der Waals surface area contributed by atoms with Crippen LogP contribution in [0.3, 0.4) is 0 Å². The van der Waals surface area contributed by atoms with Gasteiger partial charge in [-0.2, -0.15) is 0 Å². The smallest absolute Gasteiger partial charge is 0.236 e. The highest BCUT2D eigenvalue weighted by Gasteiger charge is 2.21. The second-order valence-corrected chi connectivity index (χ2v) is 6.30. The van der Waals surface area contributed by atoms with E-state index in [0.29, 0.717) is 19.0 Å². The van der Waals surface area contributed by atoms with Crippen molar-refractivity contribution in [2.45, 2.75) is 20.4 Å². The Labute approximate surface area is 127 Å². The first-order valence-electron chi connectivity index (χ1n) is 7.75. The molecule has 5 nitrogen and oxygen atoms in total. The summed E-state index contributed by atoms with van der Waals surface area (Å²) in [5.74, 6) is 1.69. The Hall–Kier alpha value is -1.33. The molecule has 2 heterocycles. The predicted molar refractivity (Wildman–Crippen MR) is 82.9 cm³/mol. The first-order valence-corrected chi connectivity index (χ1v) is 7.75. The lowest BCUT2D eigenvalue weighted by Gasteiger charge is -2.35. The number of rotatable bonds is 6. The van der Waals surface area contributed by atoms with E-state index in [1.54, 1.807) is 11.2 Å². The third kappa shape index (κ3) is 5.17. The van der Waals surface area contributed by atoms with Gasteiger partial charge in [0, 0.05) is 39.8 Å². The lowest BCUT2D eigenvalue weighted by Crippen LogP contribution is -2.50. The van der Waals surface area contributed by atoms with E-state index in [1.807, 2.05) is 19.2 Å². The molecule has 0 spiro atoms. The molecule has 1 aliphatic rings. The highest BCUT2D eigenvalue weighted by Crippen LogP contribution is 2.07. The van der Waals surface area contributed by atoms with Gasteiger partial charge in [0.1, 0.15) is 5.76 Å². The van der Waals surface area contributed by atoms with Gasteiger partial charge in [0.2, 0.25) is 5.91 Å². The van der Waals surface area contributed by atoms with E-state index in [2.05, 4.69) is 23.6 Å². The molecule has 0 aliphatic carbocycles. The number of hydrogen-bond acceptors (Lipinski definition) is 4. The van der Waals surface area contributed by atoms with Gasteiger partial charge in [-0.1, -0.05) is 13.8 Å². The average Bonchev–Trinajstić information content (AvgIpc) is 2.93. The van der Waals surface area contributed by atoms with Gasteiger partial charge < -0.3 is 14.2 Å². The Kier molecular flexibility index (Phi) is 5.82. The molecule has 1 amide bonds. The summed E-state index contributed by atoms with van der Waals surface area (Å²) in [4.78, 5) is 18.7. The number of amides is 1. The molecule has 1 fully saturated rings. The van der Waals surface area contributed by atoms with Crippen LogP contribution >= 0.6 is 0 Å². The van der Waals surface area contributed by atoms with Crippen LogP contribution in [0.15, 0.2) is 22.8 Å². The van der Waals surface area contributed by atoms with Crippen LogP contribution in [0, 0.1) is 5.92 Å². The van der Waals surface area contributed by atoms with Crippen LogP contribution in [-0.4, -0.2) is 66.9 Å². The summed E-state index contributed by atoms with van der Waals surface area (Å²) >= 11 is 0. The fraction of sp³-hybridized carbons (Fsp3) is 0.688.